The molecule has 0 spiro atoms. The highest BCUT2D eigenvalue weighted by Crippen LogP contribution is 2.47. The van der Waals surface area contributed by atoms with Crippen molar-refractivity contribution in [3.63, 3.8) is 0 Å². The third-order valence-corrected chi connectivity index (χ3v) is 3.13. The molecule has 0 saturated carbocycles. The van der Waals surface area contributed by atoms with Gasteiger partial charge in [0.25, 0.3) is 0 Å². The molecule has 0 amide bonds. The van der Waals surface area contributed by atoms with E-state index in [-0.39, 0.29) is 0 Å². The molecule has 0 N–H and O–H groups in total. The molecule has 0 saturated heterocycles. The molecule has 2 aromatic rings. The molecule has 0 bridgehead atoms. The molecule has 78 valence electrons. The van der Waals surface area contributed by atoms with Crippen molar-refractivity contribution in [3.05, 3.63) is 57.3 Å². The van der Waals surface area contributed by atoms with E-state index >= 15 is 0 Å². The maximum Gasteiger partial charge on any atom is 0.147 e. The molecule has 0 radical (unpaired) electrons. The molecule has 1 aliphatic carbocycles. The molecule has 3 rings (SSSR count). The van der Waals surface area contributed by atoms with Gasteiger partial charge in [0, 0.05) is 0 Å². The zero-order chi connectivity index (χ0) is 11.1. The summed E-state index contributed by atoms with van der Waals surface area (Å²) in [5.41, 5.74) is 1.63. The van der Waals surface area contributed by atoms with Crippen LogP contribution in [0.4, 0.5) is 0 Å². The average Bonchev–Trinajstić information content (AvgIpc) is 2.65. The first-order valence-electron chi connectivity index (χ1n) is 5.03. The quantitative estimate of drug-likeness (QED) is 0.715. The zero-order valence-corrected chi connectivity index (χ0v) is 8.33. The molecule has 0 unspecified atom stereocenters. The highest BCUT2D eigenvalue weighted by molar-refractivity contribution is 5.92. The molecule has 0 fully saturated rings. The normalized spacial score (nSPS) is 22.2. The van der Waals surface area contributed by atoms with Crippen LogP contribution in [0.1, 0.15) is 23.2 Å². The fourth-order valence-electron chi connectivity index (χ4n) is 2.46. The van der Waals surface area contributed by atoms with Gasteiger partial charge >= 0.3 is 0 Å². The van der Waals surface area contributed by atoms with E-state index in [0.717, 1.165) is 21.9 Å². The second-order valence-corrected chi connectivity index (χ2v) is 3.89. The van der Waals surface area contributed by atoms with E-state index in [1.165, 1.54) is 0 Å². The van der Waals surface area contributed by atoms with Gasteiger partial charge in [-0.1, -0.05) is 46.8 Å². The Hall–Kier alpha value is -2.10. The number of rotatable bonds is 2. The summed E-state index contributed by atoms with van der Waals surface area (Å²) in [6, 6.07) is 9.98. The molecule has 0 aromatic heterocycles. The highest BCUT2D eigenvalue weighted by atomic mass is 16.3. The van der Waals surface area contributed by atoms with E-state index < -0.39 is 12.1 Å². The Kier molecular flexibility index (Phi) is 1.83. The smallest absolute Gasteiger partial charge is 0.147 e. The summed E-state index contributed by atoms with van der Waals surface area (Å²) in [6.07, 6.45) is 0. The second kappa shape index (κ2) is 3.20. The Bertz CT molecular complexity index is 546. The molecule has 4 nitrogen and oxygen atoms in total. The van der Waals surface area contributed by atoms with Crippen molar-refractivity contribution >= 4 is 10.8 Å². The third-order valence-electron chi connectivity index (χ3n) is 3.13. The van der Waals surface area contributed by atoms with Crippen LogP contribution in [0.5, 0.6) is 0 Å². The third kappa shape index (κ3) is 0.984. The van der Waals surface area contributed by atoms with Crippen LogP contribution in [0.15, 0.2) is 46.8 Å². The van der Waals surface area contributed by atoms with Crippen LogP contribution in [-0.4, -0.2) is 0 Å². The lowest BCUT2D eigenvalue weighted by Crippen LogP contribution is -1.98. The Morgan fingerprint density at radius 3 is 1.75 bits per heavy atom. The maximum absolute atomic E-state index is 10.8. The lowest BCUT2D eigenvalue weighted by Gasteiger charge is -2.05. The molecular weight excluding hydrogens is 204 g/mol. The molecule has 2 atom stereocenters. The minimum Gasteiger partial charge on any atom is -0.150 e. The SMILES string of the molecule is O=N[C@@H]1c2cccc3cccc(c23)[C@H]1N=O. The van der Waals surface area contributed by atoms with E-state index in [1.807, 2.05) is 36.4 Å². The van der Waals surface area contributed by atoms with Crippen molar-refractivity contribution < 1.29 is 0 Å². The predicted molar refractivity (Wildman–Crippen MR) is 61.0 cm³/mol. The van der Waals surface area contributed by atoms with Gasteiger partial charge in [0.05, 0.1) is 0 Å². The Labute approximate surface area is 91.2 Å². The van der Waals surface area contributed by atoms with E-state index in [4.69, 9.17) is 0 Å². The minimum atomic E-state index is -0.668. The highest BCUT2D eigenvalue weighted by Gasteiger charge is 2.36. The van der Waals surface area contributed by atoms with Crippen molar-refractivity contribution in [2.75, 3.05) is 0 Å². The number of nitrogens with zero attached hydrogens (tertiary/aromatic N) is 2. The first-order valence-corrected chi connectivity index (χ1v) is 5.03. The largest absolute Gasteiger partial charge is 0.150 e. The summed E-state index contributed by atoms with van der Waals surface area (Å²) >= 11 is 0. The van der Waals surface area contributed by atoms with Gasteiger partial charge in [-0.3, -0.25) is 0 Å². The second-order valence-electron chi connectivity index (χ2n) is 3.89. The Morgan fingerprint density at radius 1 is 0.812 bits per heavy atom. The van der Waals surface area contributed by atoms with E-state index in [9.17, 15) is 9.81 Å². The lowest BCUT2D eigenvalue weighted by atomic mass is 10.0. The molecule has 0 heterocycles. The average molecular weight is 212 g/mol. The predicted octanol–water partition coefficient (Wildman–Crippen LogP) is 3.47. The fourth-order valence-corrected chi connectivity index (χ4v) is 2.46. The molecule has 4 heteroatoms. The molecular formula is C12H8N2O2. The molecule has 2 aromatic carbocycles. The van der Waals surface area contributed by atoms with Gasteiger partial charge in [-0.15, -0.1) is 0 Å². The van der Waals surface area contributed by atoms with Crippen LogP contribution in [0.25, 0.3) is 10.8 Å². The van der Waals surface area contributed by atoms with Gasteiger partial charge in [0.1, 0.15) is 12.1 Å². The van der Waals surface area contributed by atoms with Gasteiger partial charge in [-0.2, -0.15) is 9.81 Å². The first-order chi connectivity index (χ1) is 7.86. The van der Waals surface area contributed by atoms with Crippen molar-refractivity contribution in [3.8, 4) is 0 Å². The van der Waals surface area contributed by atoms with Crippen LogP contribution in [0.3, 0.4) is 0 Å². The molecule has 16 heavy (non-hydrogen) atoms. The van der Waals surface area contributed by atoms with Gasteiger partial charge in [0.2, 0.25) is 0 Å². The summed E-state index contributed by atoms with van der Waals surface area (Å²) in [4.78, 5) is 21.7. The number of hydrogen-bond donors (Lipinski definition) is 0. The van der Waals surface area contributed by atoms with Crippen LogP contribution in [0.2, 0.25) is 0 Å². The van der Waals surface area contributed by atoms with E-state index in [2.05, 4.69) is 10.4 Å². The lowest BCUT2D eigenvalue weighted by molar-refractivity contribution is 0.599. The maximum atomic E-state index is 10.8. The molecule has 0 aliphatic heterocycles. The van der Waals surface area contributed by atoms with Crippen LogP contribution < -0.4 is 0 Å². The fraction of sp³-hybridized carbons (Fsp3) is 0.167. The first kappa shape index (κ1) is 9.15. The van der Waals surface area contributed by atoms with Gasteiger partial charge < -0.3 is 0 Å². The van der Waals surface area contributed by atoms with Gasteiger partial charge in [-0.25, -0.2) is 0 Å². The summed E-state index contributed by atoms with van der Waals surface area (Å²) in [5, 5.41) is 8.05. The minimum absolute atomic E-state index is 0.668. The summed E-state index contributed by atoms with van der Waals surface area (Å²) in [7, 11) is 0. The topological polar surface area (TPSA) is 58.9 Å². The van der Waals surface area contributed by atoms with Crippen LogP contribution >= 0.6 is 0 Å². The zero-order valence-electron chi connectivity index (χ0n) is 8.33. The summed E-state index contributed by atoms with van der Waals surface area (Å²) < 4.78 is 0. The van der Waals surface area contributed by atoms with E-state index in [0.29, 0.717) is 0 Å². The van der Waals surface area contributed by atoms with Gasteiger partial charge in [0.15, 0.2) is 0 Å². The Morgan fingerprint density at radius 2 is 1.31 bits per heavy atom. The molecule has 1 aliphatic rings. The van der Waals surface area contributed by atoms with Crippen molar-refractivity contribution in [1.82, 2.24) is 0 Å². The van der Waals surface area contributed by atoms with Crippen LogP contribution in [0, 0.1) is 9.81 Å². The van der Waals surface area contributed by atoms with Crippen molar-refractivity contribution in [1.29, 1.82) is 0 Å². The standard InChI is InChI=1S/C12H8N2O2/c15-13-11-8-5-1-3-7-4-2-6-9(10(7)8)12(11)14-16/h1-6,11-12H/t11-,12-/m1/s1. The van der Waals surface area contributed by atoms with Crippen molar-refractivity contribution in [2.24, 2.45) is 10.4 Å². The summed E-state index contributed by atoms with van der Waals surface area (Å²) in [6.45, 7) is 0. The number of nitroso groups, excluding NO2 is 2. The Balaban J connectivity index is 2.42. The van der Waals surface area contributed by atoms with E-state index in [1.54, 1.807) is 0 Å². The van der Waals surface area contributed by atoms with Crippen LogP contribution in [-0.2, 0) is 0 Å². The monoisotopic (exact) mass is 212 g/mol. The summed E-state index contributed by atoms with van der Waals surface area (Å²) in [5.74, 6) is 0. The number of hydrogen-bond acceptors (Lipinski definition) is 4. The number of benzene rings is 2. The van der Waals surface area contributed by atoms with Crippen molar-refractivity contribution in [2.45, 2.75) is 12.1 Å². The van der Waals surface area contributed by atoms with Gasteiger partial charge in [-0.05, 0) is 21.9 Å².